The number of carbonyl (C=O) groups excluding carboxylic acids is 1. The van der Waals surface area contributed by atoms with Crippen molar-refractivity contribution in [3.8, 4) is 0 Å². The highest BCUT2D eigenvalue weighted by Crippen LogP contribution is 2.38. The molecule has 142 valence electrons. The zero-order valence-electron chi connectivity index (χ0n) is 16.2. The van der Waals surface area contributed by atoms with E-state index in [0.29, 0.717) is 11.8 Å². The largest absolute Gasteiger partial charge is 0.342 e. The Labute approximate surface area is 162 Å². The van der Waals surface area contributed by atoms with E-state index in [-0.39, 0.29) is 5.41 Å². The highest BCUT2D eigenvalue weighted by atomic mass is 16.2. The Morgan fingerprint density at radius 2 is 1.89 bits per heavy atom. The lowest BCUT2D eigenvalue weighted by Gasteiger charge is -2.42. The van der Waals surface area contributed by atoms with Crippen molar-refractivity contribution in [1.29, 1.82) is 0 Å². The van der Waals surface area contributed by atoms with E-state index < -0.39 is 0 Å². The van der Waals surface area contributed by atoms with E-state index >= 15 is 0 Å². The number of hydrogen-bond acceptors (Lipinski definition) is 3. The molecule has 27 heavy (non-hydrogen) atoms. The molecular weight excluding hydrogens is 334 g/mol. The molecular formula is C23H29N3O. The molecule has 0 saturated carbocycles. The number of hydrogen-bond donors (Lipinski definition) is 0. The summed E-state index contributed by atoms with van der Waals surface area (Å²) >= 11 is 0. The van der Waals surface area contributed by atoms with Crippen LogP contribution in [0.2, 0.25) is 0 Å². The summed E-state index contributed by atoms with van der Waals surface area (Å²) in [5, 5.41) is 0. The number of likely N-dealkylation sites (tertiary alicyclic amines) is 2. The summed E-state index contributed by atoms with van der Waals surface area (Å²) < 4.78 is 0. The van der Waals surface area contributed by atoms with Gasteiger partial charge < -0.3 is 9.80 Å². The Balaban J connectivity index is 1.51. The summed E-state index contributed by atoms with van der Waals surface area (Å²) in [6.45, 7) is 3.72. The van der Waals surface area contributed by atoms with Gasteiger partial charge in [0.15, 0.2) is 0 Å². The van der Waals surface area contributed by atoms with Crippen LogP contribution in [-0.2, 0) is 16.6 Å². The summed E-state index contributed by atoms with van der Waals surface area (Å²) in [5.41, 5.74) is 2.12. The number of amides is 1. The second kappa shape index (κ2) is 7.81. The quantitative estimate of drug-likeness (QED) is 0.837. The van der Waals surface area contributed by atoms with Crippen LogP contribution in [0, 0.1) is 5.92 Å². The van der Waals surface area contributed by atoms with E-state index in [1.54, 1.807) is 0 Å². The number of pyridine rings is 1. The molecule has 1 atom stereocenters. The maximum atomic E-state index is 13.7. The zero-order valence-corrected chi connectivity index (χ0v) is 16.2. The van der Waals surface area contributed by atoms with Gasteiger partial charge in [-0.2, -0.15) is 0 Å². The molecule has 2 aliphatic heterocycles. The number of benzene rings is 1. The highest BCUT2D eigenvalue weighted by molar-refractivity contribution is 5.88. The summed E-state index contributed by atoms with van der Waals surface area (Å²) in [7, 11) is 2.15. The van der Waals surface area contributed by atoms with Crippen LogP contribution in [0.25, 0.3) is 0 Å². The SMILES string of the molecule is CN1CCC(C(=O)N2CCC(Cc3cccnc3)C2)(c2ccccc2)CC1. The fourth-order valence-corrected chi connectivity index (χ4v) is 4.72. The second-order valence-corrected chi connectivity index (χ2v) is 8.22. The molecule has 0 radical (unpaired) electrons. The number of piperidine rings is 1. The fourth-order valence-electron chi connectivity index (χ4n) is 4.72. The first-order chi connectivity index (χ1) is 13.2. The van der Waals surface area contributed by atoms with Crippen molar-refractivity contribution in [2.75, 3.05) is 33.2 Å². The van der Waals surface area contributed by atoms with Crippen LogP contribution in [0.1, 0.15) is 30.4 Å². The van der Waals surface area contributed by atoms with Crippen molar-refractivity contribution < 1.29 is 4.79 Å². The maximum absolute atomic E-state index is 13.7. The van der Waals surface area contributed by atoms with E-state index in [9.17, 15) is 4.79 Å². The molecule has 4 rings (SSSR count). The molecule has 1 aromatic carbocycles. The smallest absolute Gasteiger partial charge is 0.233 e. The van der Waals surface area contributed by atoms with Crippen LogP contribution in [-0.4, -0.2) is 53.9 Å². The Morgan fingerprint density at radius 3 is 2.59 bits per heavy atom. The standard InChI is InChI=1S/C23H29N3O/c1-25-14-10-23(11-15-25,21-7-3-2-4-8-21)22(27)26-13-9-20(18-26)16-19-6-5-12-24-17-19/h2-8,12,17,20H,9-11,13-16,18H2,1H3. The monoisotopic (exact) mass is 363 g/mol. The third-order valence-corrected chi connectivity index (χ3v) is 6.40. The van der Waals surface area contributed by atoms with E-state index in [4.69, 9.17) is 0 Å². The van der Waals surface area contributed by atoms with Gasteiger partial charge in [-0.05, 0) is 68.9 Å². The molecule has 0 N–H and O–H groups in total. The summed E-state index contributed by atoms with van der Waals surface area (Å²) in [5.74, 6) is 0.882. The summed E-state index contributed by atoms with van der Waals surface area (Å²) in [6, 6.07) is 14.6. The Hall–Kier alpha value is -2.20. The first-order valence-corrected chi connectivity index (χ1v) is 10.1. The second-order valence-electron chi connectivity index (χ2n) is 8.22. The number of carbonyl (C=O) groups is 1. The molecule has 0 aliphatic carbocycles. The third kappa shape index (κ3) is 3.77. The molecule has 0 spiro atoms. The van der Waals surface area contributed by atoms with Crippen LogP contribution in [0.5, 0.6) is 0 Å². The topological polar surface area (TPSA) is 36.4 Å². The molecule has 1 aromatic heterocycles. The molecule has 1 unspecified atom stereocenters. The number of rotatable bonds is 4. The van der Waals surface area contributed by atoms with Gasteiger partial charge in [0.25, 0.3) is 0 Å². The number of aromatic nitrogens is 1. The van der Waals surface area contributed by atoms with Gasteiger partial charge in [-0.15, -0.1) is 0 Å². The molecule has 4 heteroatoms. The van der Waals surface area contributed by atoms with Crippen LogP contribution in [0.4, 0.5) is 0 Å². The molecule has 1 amide bonds. The Bertz CT molecular complexity index is 754. The van der Waals surface area contributed by atoms with E-state index in [2.05, 4.69) is 52.2 Å². The molecule has 2 fully saturated rings. The fraction of sp³-hybridized carbons (Fsp3) is 0.478. The van der Waals surface area contributed by atoms with Crippen LogP contribution in [0.3, 0.4) is 0 Å². The lowest BCUT2D eigenvalue weighted by molar-refractivity contribution is -0.138. The van der Waals surface area contributed by atoms with Gasteiger partial charge in [0, 0.05) is 25.5 Å². The Kier molecular flexibility index (Phi) is 5.26. The molecule has 3 heterocycles. The van der Waals surface area contributed by atoms with Crippen molar-refractivity contribution in [2.45, 2.75) is 31.1 Å². The van der Waals surface area contributed by atoms with Crippen molar-refractivity contribution in [1.82, 2.24) is 14.8 Å². The van der Waals surface area contributed by atoms with Gasteiger partial charge in [0.2, 0.25) is 5.91 Å². The zero-order chi connectivity index (χ0) is 18.7. The average molecular weight is 364 g/mol. The maximum Gasteiger partial charge on any atom is 0.233 e. The van der Waals surface area contributed by atoms with Gasteiger partial charge in [0.1, 0.15) is 0 Å². The van der Waals surface area contributed by atoms with Gasteiger partial charge in [-0.25, -0.2) is 0 Å². The van der Waals surface area contributed by atoms with Crippen molar-refractivity contribution in [3.05, 3.63) is 66.0 Å². The van der Waals surface area contributed by atoms with Crippen LogP contribution >= 0.6 is 0 Å². The summed E-state index contributed by atoms with van der Waals surface area (Å²) in [6.07, 6.45) is 7.70. The molecule has 2 saturated heterocycles. The molecule has 4 nitrogen and oxygen atoms in total. The van der Waals surface area contributed by atoms with Gasteiger partial charge in [-0.1, -0.05) is 36.4 Å². The first-order valence-electron chi connectivity index (χ1n) is 10.1. The minimum Gasteiger partial charge on any atom is -0.342 e. The highest BCUT2D eigenvalue weighted by Gasteiger charge is 2.45. The third-order valence-electron chi connectivity index (χ3n) is 6.40. The van der Waals surface area contributed by atoms with Gasteiger partial charge in [0.05, 0.1) is 5.41 Å². The first kappa shape index (κ1) is 18.2. The predicted molar refractivity (Wildman–Crippen MR) is 107 cm³/mol. The summed E-state index contributed by atoms with van der Waals surface area (Å²) in [4.78, 5) is 22.4. The molecule has 2 aliphatic rings. The van der Waals surface area contributed by atoms with Gasteiger partial charge >= 0.3 is 0 Å². The average Bonchev–Trinajstić information content (AvgIpc) is 3.18. The van der Waals surface area contributed by atoms with Crippen LogP contribution in [0.15, 0.2) is 54.9 Å². The lowest BCUT2D eigenvalue weighted by atomic mass is 9.71. The van der Waals surface area contributed by atoms with E-state index in [1.807, 2.05) is 24.5 Å². The van der Waals surface area contributed by atoms with Crippen molar-refractivity contribution in [2.24, 2.45) is 5.92 Å². The van der Waals surface area contributed by atoms with Gasteiger partial charge in [-0.3, -0.25) is 9.78 Å². The molecule has 0 bridgehead atoms. The minimum atomic E-state index is -0.350. The van der Waals surface area contributed by atoms with Crippen LogP contribution < -0.4 is 0 Å². The predicted octanol–water partition coefficient (Wildman–Crippen LogP) is 3.14. The van der Waals surface area contributed by atoms with E-state index in [1.165, 1.54) is 11.1 Å². The number of nitrogens with zero attached hydrogens (tertiary/aromatic N) is 3. The van der Waals surface area contributed by atoms with Crippen molar-refractivity contribution >= 4 is 5.91 Å². The Morgan fingerprint density at radius 1 is 1.11 bits per heavy atom. The minimum absolute atomic E-state index is 0.343. The lowest BCUT2D eigenvalue weighted by Crippen LogP contribution is -2.52. The van der Waals surface area contributed by atoms with E-state index in [0.717, 1.165) is 51.9 Å². The molecule has 2 aromatic rings. The van der Waals surface area contributed by atoms with Crippen molar-refractivity contribution in [3.63, 3.8) is 0 Å². The normalized spacial score (nSPS) is 22.7.